The topological polar surface area (TPSA) is 46.9 Å². The lowest BCUT2D eigenvalue weighted by Gasteiger charge is -2.23. The number of methoxy groups -OCH3 is 1. The van der Waals surface area contributed by atoms with E-state index in [-0.39, 0.29) is 5.60 Å². The van der Waals surface area contributed by atoms with Crippen LogP contribution in [0.1, 0.15) is 18.6 Å². The quantitative estimate of drug-likeness (QED) is 0.914. The molecule has 3 heterocycles. The molecule has 0 radical (unpaired) electrons. The zero-order valence-electron chi connectivity index (χ0n) is 14.0. The Morgan fingerprint density at radius 1 is 1.29 bits per heavy atom. The maximum Gasteiger partial charge on any atom is 0.119 e. The second-order valence-electron chi connectivity index (χ2n) is 6.81. The van der Waals surface area contributed by atoms with E-state index < -0.39 is 0 Å². The van der Waals surface area contributed by atoms with Gasteiger partial charge < -0.3 is 19.2 Å². The highest BCUT2D eigenvalue weighted by molar-refractivity contribution is 5.47. The first-order valence-electron chi connectivity index (χ1n) is 8.54. The lowest BCUT2D eigenvalue weighted by molar-refractivity contribution is 0.0115. The van der Waals surface area contributed by atoms with Crippen molar-refractivity contribution in [2.24, 2.45) is 0 Å². The Morgan fingerprint density at radius 3 is 2.92 bits per heavy atom. The number of likely N-dealkylation sites (tertiary alicyclic amines) is 1. The molecule has 128 valence electrons. The summed E-state index contributed by atoms with van der Waals surface area (Å²) < 4.78 is 16.9. The Labute approximate surface area is 142 Å². The van der Waals surface area contributed by atoms with Gasteiger partial charge in [-0.2, -0.15) is 0 Å². The number of rotatable bonds is 5. The van der Waals surface area contributed by atoms with Gasteiger partial charge in [0.2, 0.25) is 0 Å². The van der Waals surface area contributed by atoms with E-state index in [1.54, 1.807) is 13.4 Å². The number of benzene rings is 1. The third kappa shape index (κ3) is 3.28. The molecule has 1 aromatic carbocycles. The van der Waals surface area contributed by atoms with Gasteiger partial charge in [0.15, 0.2) is 0 Å². The monoisotopic (exact) mass is 328 g/mol. The summed E-state index contributed by atoms with van der Waals surface area (Å²) >= 11 is 0. The maximum atomic E-state index is 6.22. The molecular weight excluding hydrogens is 304 g/mol. The Bertz CT molecular complexity index is 656. The first-order valence-corrected chi connectivity index (χ1v) is 8.54. The summed E-state index contributed by atoms with van der Waals surface area (Å²) in [6.07, 6.45) is 3.88. The highest BCUT2D eigenvalue weighted by Gasteiger charge is 2.45. The molecule has 2 atom stereocenters. The molecule has 1 N–H and O–H groups in total. The van der Waals surface area contributed by atoms with E-state index in [2.05, 4.69) is 22.3 Å². The number of furan rings is 1. The molecule has 0 unspecified atom stereocenters. The number of hydrogen-bond donors (Lipinski definition) is 1. The number of nitrogens with one attached hydrogen (secondary N) is 1. The fraction of sp³-hybridized carbons (Fsp3) is 0.474. The Kier molecular flexibility index (Phi) is 4.21. The molecule has 2 aliphatic rings. The molecule has 0 saturated carbocycles. The van der Waals surface area contributed by atoms with Gasteiger partial charge in [-0.3, -0.25) is 4.90 Å². The number of anilines is 1. The van der Waals surface area contributed by atoms with Gasteiger partial charge in [-0.1, -0.05) is 0 Å². The third-order valence-corrected chi connectivity index (χ3v) is 5.02. The smallest absolute Gasteiger partial charge is 0.119 e. The van der Waals surface area contributed by atoms with Gasteiger partial charge in [0.1, 0.15) is 11.5 Å². The van der Waals surface area contributed by atoms with Crippen molar-refractivity contribution in [1.82, 2.24) is 4.90 Å². The second-order valence-corrected chi connectivity index (χ2v) is 6.81. The van der Waals surface area contributed by atoms with E-state index in [9.17, 15) is 0 Å². The summed E-state index contributed by atoms with van der Waals surface area (Å²) in [6.45, 7) is 3.68. The minimum absolute atomic E-state index is 0.00324. The Morgan fingerprint density at radius 2 is 2.17 bits per heavy atom. The molecule has 2 fully saturated rings. The molecule has 5 heteroatoms. The third-order valence-electron chi connectivity index (χ3n) is 5.02. The molecule has 2 aromatic rings. The van der Waals surface area contributed by atoms with Crippen LogP contribution >= 0.6 is 0 Å². The number of ether oxygens (including phenoxy) is 2. The van der Waals surface area contributed by atoms with Crippen molar-refractivity contribution in [3.63, 3.8) is 0 Å². The molecule has 0 bridgehead atoms. The van der Waals surface area contributed by atoms with Crippen LogP contribution in [0.5, 0.6) is 5.75 Å². The highest BCUT2D eigenvalue weighted by Crippen LogP contribution is 2.36. The first-order chi connectivity index (χ1) is 11.7. The van der Waals surface area contributed by atoms with Gasteiger partial charge in [-0.15, -0.1) is 0 Å². The van der Waals surface area contributed by atoms with Crippen molar-refractivity contribution in [2.45, 2.75) is 31.0 Å². The maximum absolute atomic E-state index is 6.22. The van der Waals surface area contributed by atoms with Crippen LogP contribution in [-0.4, -0.2) is 43.3 Å². The van der Waals surface area contributed by atoms with Gasteiger partial charge in [0.05, 0.1) is 38.2 Å². The molecule has 1 spiro atoms. The molecule has 0 amide bonds. The first kappa shape index (κ1) is 15.5. The molecule has 4 rings (SSSR count). The summed E-state index contributed by atoms with van der Waals surface area (Å²) in [5, 5.41) is 3.59. The molecule has 1 aromatic heterocycles. The van der Waals surface area contributed by atoms with Crippen LogP contribution in [0.4, 0.5) is 5.69 Å². The number of hydrogen-bond acceptors (Lipinski definition) is 5. The SMILES string of the molecule is COc1ccc(N[C@H]2CO[C@]3(CCN(Cc4ccco4)C3)C2)cc1. The Hall–Kier alpha value is -1.98. The summed E-state index contributed by atoms with van der Waals surface area (Å²) in [5.74, 6) is 1.90. The molecule has 0 aliphatic carbocycles. The normalized spacial score (nSPS) is 27.0. The van der Waals surface area contributed by atoms with Gasteiger partial charge in [-0.05, 0) is 42.8 Å². The molecular formula is C19H24N2O3. The zero-order valence-corrected chi connectivity index (χ0v) is 14.0. The predicted molar refractivity (Wildman–Crippen MR) is 92.3 cm³/mol. The average Bonchev–Trinajstić information content (AvgIpc) is 3.33. The lowest BCUT2D eigenvalue weighted by Crippen LogP contribution is -2.33. The van der Waals surface area contributed by atoms with Crippen LogP contribution in [0.2, 0.25) is 0 Å². The predicted octanol–water partition coefficient (Wildman–Crippen LogP) is 3.13. The summed E-state index contributed by atoms with van der Waals surface area (Å²) in [7, 11) is 1.69. The van der Waals surface area contributed by atoms with Crippen LogP contribution in [0.25, 0.3) is 0 Å². The number of nitrogens with zero attached hydrogens (tertiary/aromatic N) is 1. The zero-order chi connectivity index (χ0) is 16.4. The van der Waals surface area contributed by atoms with Crippen LogP contribution < -0.4 is 10.1 Å². The van der Waals surface area contributed by atoms with Crippen LogP contribution in [-0.2, 0) is 11.3 Å². The molecule has 2 saturated heterocycles. The average molecular weight is 328 g/mol. The van der Waals surface area contributed by atoms with Gasteiger partial charge in [0, 0.05) is 25.2 Å². The molecule has 5 nitrogen and oxygen atoms in total. The van der Waals surface area contributed by atoms with E-state index in [1.165, 1.54) is 0 Å². The minimum atomic E-state index is -0.00324. The van der Waals surface area contributed by atoms with Crippen molar-refractivity contribution in [2.75, 3.05) is 32.1 Å². The van der Waals surface area contributed by atoms with Crippen molar-refractivity contribution >= 4 is 5.69 Å². The molecule has 2 aliphatic heterocycles. The largest absolute Gasteiger partial charge is 0.497 e. The van der Waals surface area contributed by atoms with Gasteiger partial charge in [-0.25, -0.2) is 0 Å². The second kappa shape index (κ2) is 6.49. The lowest BCUT2D eigenvalue weighted by atomic mass is 9.97. The van der Waals surface area contributed by atoms with E-state index >= 15 is 0 Å². The van der Waals surface area contributed by atoms with E-state index in [0.29, 0.717) is 6.04 Å². The highest BCUT2D eigenvalue weighted by atomic mass is 16.5. The van der Waals surface area contributed by atoms with Crippen LogP contribution in [0.15, 0.2) is 47.1 Å². The van der Waals surface area contributed by atoms with Crippen LogP contribution in [0, 0.1) is 0 Å². The minimum Gasteiger partial charge on any atom is -0.497 e. The van der Waals surface area contributed by atoms with Crippen LogP contribution in [0.3, 0.4) is 0 Å². The van der Waals surface area contributed by atoms with E-state index in [1.807, 2.05) is 24.3 Å². The van der Waals surface area contributed by atoms with Gasteiger partial charge in [0.25, 0.3) is 0 Å². The van der Waals surface area contributed by atoms with Gasteiger partial charge >= 0.3 is 0 Å². The molecule has 24 heavy (non-hydrogen) atoms. The van der Waals surface area contributed by atoms with Crippen molar-refractivity contribution < 1.29 is 13.9 Å². The van der Waals surface area contributed by atoms with Crippen molar-refractivity contribution in [1.29, 1.82) is 0 Å². The fourth-order valence-electron chi connectivity index (χ4n) is 3.83. The fourth-order valence-corrected chi connectivity index (χ4v) is 3.83. The van der Waals surface area contributed by atoms with E-state index in [0.717, 1.165) is 56.3 Å². The standard InChI is InChI=1S/C19H24N2O3/c1-22-17-6-4-15(5-7-17)20-16-11-19(24-13-16)8-9-21(14-19)12-18-3-2-10-23-18/h2-7,10,16,20H,8-9,11-14H2,1H3/t16-,19-/m1/s1. The summed E-state index contributed by atoms with van der Waals surface area (Å²) in [4.78, 5) is 2.43. The van der Waals surface area contributed by atoms with Crippen molar-refractivity contribution in [3.05, 3.63) is 48.4 Å². The Balaban J connectivity index is 1.32. The summed E-state index contributed by atoms with van der Waals surface area (Å²) in [5.41, 5.74) is 1.11. The van der Waals surface area contributed by atoms with E-state index in [4.69, 9.17) is 13.9 Å². The summed E-state index contributed by atoms with van der Waals surface area (Å²) in [6, 6.07) is 12.4. The van der Waals surface area contributed by atoms with Crippen molar-refractivity contribution in [3.8, 4) is 5.75 Å².